The second kappa shape index (κ2) is 8.32. The van der Waals surface area contributed by atoms with E-state index in [0.29, 0.717) is 23.5 Å². The van der Waals surface area contributed by atoms with Gasteiger partial charge in [-0.05, 0) is 6.92 Å². The van der Waals surface area contributed by atoms with E-state index in [9.17, 15) is 24.2 Å². The van der Waals surface area contributed by atoms with E-state index in [2.05, 4.69) is 29.1 Å². The molecule has 162 valence electrons. The molecule has 2 aromatic heterocycles. The lowest BCUT2D eigenvalue weighted by atomic mass is 10.1. The molecule has 0 aliphatic carbocycles. The highest BCUT2D eigenvalue weighted by Gasteiger charge is 2.46. The predicted molar refractivity (Wildman–Crippen MR) is 94.3 cm³/mol. The van der Waals surface area contributed by atoms with Crippen LogP contribution in [0.15, 0.2) is 12.7 Å². The predicted octanol–water partition coefficient (Wildman–Crippen LogP) is -0.896. The van der Waals surface area contributed by atoms with Crippen molar-refractivity contribution in [2.45, 2.75) is 31.5 Å². The maximum atomic E-state index is 11.5. The number of rotatable bonds is 8. The van der Waals surface area contributed by atoms with Crippen LogP contribution in [-0.2, 0) is 22.7 Å². The number of aliphatic hydroxyl groups is 2. The Balaban J connectivity index is 1.76. The number of ether oxygens (including phenoxy) is 1. The zero-order chi connectivity index (χ0) is 21.4. The molecule has 0 saturated carbocycles. The fourth-order valence-electron chi connectivity index (χ4n) is 2.76. The summed E-state index contributed by atoms with van der Waals surface area (Å²) in [7, 11) is -10.4. The number of hydrogen-bond acceptors (Lipinski definition) is 11. The van der Waals surface area contributed by atoms with Crippen molar-refractivity contribution in [2.75, 3.05) is 18.5 Å². The number of imidazole rings is 1. The van der Waals surface area contributed by atoms with E-state index in [-0.39, 0.29) is 0 Å². The minimum atomic E-state index is -5.29. The van der Waals surface area contributed by atoms with Crippen LogP contribution in [0.3, 0.4) is 0 Å². The van der Waals surface area contributed by atoms with E-state index in [0.717, 1.165) is 0 Å². The number of aromatic nitrogens is 4. The fraction of sp³-hybridized carbons (Fsp3) is 0.583. The molecule has 0 spiro atoms. The first-order chi connectivity index (χ1) is 13.5. The molecule has 0 aromatic carbocycles. The van der Waals surface area contributed by atoms with Gasteiger partial charge in [0, 0.05) is 6.54 Å². The molecule has 1 saturated heterocycles. The lowest BCUT2D eigenvalue weighted by Crippen LogP contribution is -2.33. The molecule has 5 atom stereocenters. The summed E-state index contributed by atoms with van der Waals surface area (Å²) in [6, 6.07) is 0. The van der Waals surface area contributed by atoms with Gasteiger partial charge in [0.1, 0.15) is 24.6 Å². The Kier molecular flexibility index (Phi) is 6.36. The van der Waals surface area contributed by atoms with E-state index < -0.39 is 46.8 Å². The van der Waals surface area contributed by atoms with Crippen molar-refractivity contribution in [3.05, 3.63) is 12.7 Å². The third-order valence-corrected chi connectivity index (χ3v) is 6.08. The molecule has 0 radical (unpaired) electrons. The standard InChI is InChI=1S/C12H19N5O10P2/c1-2-13-10-7-11(15-4-14-10)17(5-16-7)12-9(19)8(18)6(26-12)3-25-29(23,24)27-28(20,21)22/h4-6,8-9,12,18-19H,2-3H2,1H3,(H,23,24)(H,13,14,15)(H2,20,21,22). The van der Waals surface area contributed by atoms with Gasteiger partial charge >= 0.3 is 15.6 Å². The Bertz CT molecular complexity index is 966. The highest BCUT2D eigenvalue weighted by Crippen LogP contribution is 2.57. The highest BCUT2D eigenvalue weighted by molar-refractivity contribution is 7.60. The smallest absolute Gasteiger partial charge is 0.387 e. The van der Waals surface area contributed by atoms with Crippen molar-refractivity contribution >= 4 is 32.6 Å². The van der Waals surface area contributed by atoms with Crippen molar-refractivity contribution in [1.29, 1.82) is 0 Å². The van der Waals surface area contributed by atoms with Gasteiger partial charge in [0.2, 0.25) is 0 Å². The average Bonchev–Trinajstić information content (AvgIpc) is 3.15. The fourth-order valence-corrected chi connectivity index (χ4v) is 4.36. The van der Waals surface area contributed by atoms with Gasteiger partial charge < -0.3 is 34.9 Å². The zero-order valence-electron chi connectivity index (χ0n) is 14.8. The Morgan fingerprint density at radius 3 is 2.59 bits per heavy atom. The van der Waals surface area contributed by atoms with Crippen LogP contribution < -0.4 is 5.32 Å². The number of anilines is 1. The van der Waals surface area contributed by atoms with Gasteiger partial charge in [-0.1, -0.05) is 0 Å². The van der Waals surface area contributed by atoms with Crippen LogP contribution in [0.2, 0.25) is 0 Å². The Labute approximate surface area is 163 Å². The number of nitrogens with one attached hydrogen (secondary N) is 1. The van der Waals surface area contributed by atoms with Gasteiger partial charge in [-0.25, -0.2) is 24.1 Å². The molecule has 17 heteroatoms. The van der Waals surface area contributed by atoms with E-state index in [1.54, 1.807) is 0 Å². The molecule has 15 nitrogen and oxygen atoms in total. The van der Waals surface area contributed by atoms with Gasteiger partial charge in [0.05, 0.1) is 12.9 Å². The van der Waals surface area contributed by atoms with Crippen molar-refractivity contribution in [3.8, 4) is 0 Å². The van der Waals surface area contributed by atoms with E-state index in [1.807, 2.05) is 6.92 Å². The first-order valence-corrected chi connectivity index (χ1v) is 11.2. The van der Waals surface area contributed by atoms with Crippen molar-refractivity contribution in [2.24, 2.45) is 0 Å². The molecule has 1 aliphatic rings. The number of fused-ring (bicyclic) bond motifs is 1. The molecular weight excluding hydrogens is 436 g/mol. The number of aliphatic hydroxyl groups excluding tert-OH is 2. The SMILES string of the molecule is CCNc1ncnc2c1ncn2C1OC(COP(=O)(O)OP(=O)(O)O)C(O)C1O. The van der Waals surface area contributed by atoms with Crippen LogP contribution >= 0.6 is 15.6 Å². The Morgan fingerprint density at radius 2 is 1.93 bits per heavy atom. The molecule has 3 heterocycles. The second-order valence-electron chi connectivity index (χ2n) is 5.96. The molecule has 3 rings (SSSR count). The van der Waals surface area contributed by atoms with Gasteiger partial charge in [0.25, 0.3) is 0 Å². The summed E-state index contributed by atoms with van der Waals surface area (Å²) in [6.45, 7) is 1.65. The summed E-state index contributed by atoms with van der Waals surface area (Å²) in [5, 5.41) is 23.5. The number of nitrogens with zero attached hydrogens (tertiary/aromatic N) is 4. The molecule has 1 fully saturated rings. The third-order valence-electron chi connectivity index (χ3n) is 3.93. The van der Waals surface area contributed by atoms with Gasteiger partial charge in [-0.2, -0.15) is 4.31 Å². The summed E-state index contributed by atoms with van der Waals surface area (Å²) in [6.07, 6.45) is -2.94. The van der Waals surface area contributed by atoms with E-state index >= 15 is 0 Å². The lowest BCUT2D eigenvalue weighted by Gasteiger charge is -2.17. The Morgan fingerprint density at radius 1 is 1.21 bits per heavy atom. The highest BCUT2D eigenvalue weighted by atomic mass is 31.3. The maximum absolute atomic E-state index is 11.5. The monoisotopic (exact) mass is 455 g/mol. The Hall–Kier alpha value is -1.51. The quantitative estimate of drug-likeness (QED) is 0.266. The van der Waals surface area contributed by atoms with Crippen LogP contribution in [0.25, 0.3) is 11.2 Å². The lowest BCUT2D eigenvalue weighted by molar-refractivity contribution is -0.0503. The first kappa shape index (κ1) is 22.2. The van der Waals surface area contributed by atoms with E-state index in [4.69, 9.17) is 14.5 Å². The van der Waals surface area contributed by atoms with Crippen LogP contribution in [0.5, 0.6) is 0 Å². The molecule has 1 aliphatic heterocycles. The van der Waals surface area contributed by atoms with Crippen molar-refractivity contribution in [1.82, 2.24) is 19.5 Å². The van der Waals surface area contributed by atoms with Gasteiger partial charge in [-0.15, -0.1) is 0 Å². The van der Waals surface area contributed by atoms with Crippen LogP contribution in [-0.4, -0.2) is 75.9 Å². The number of phosphoric acid groups is 2. The maximum Gasteiger partial charge on any atom is 0.481 e. The molecule has 5 unspecified atom stereocenters. The number of phosphoric ester groups is 1. The molecule has 29 heavy (non-hydrogen) atoms. The summed E-state index contributed by atoms with van der Waals surface area (Å²) in [5.41, 5.74) is 0.695. The van der Waals surface area contributed by atoms with E-state index in [1.165, 1.54) is 17.2 Å². The molecule has 6 N–H and O–H groups in total. The second-order valence-corrected chi connectivity index (χ2v) is 8.79. The van der Waals surface area contributed by atoms with Crippen LogP contribution in [0, 0.1) is 0 Å². The minimum absolute atomic E-state index is 0.298. The first-order valence-electron chi connectivity index (χ1n) is 8.19. The molecule has 0 bridgehead atoms. The van der Waals surface area contributed by atoms with Crippen LogP contribution in [0.4, 0.5) is 5.82 Å². The zero-order valence-corrected chi connectivity index (χ0v) is 16.6. The number of hydrogen-bond donors (Lipinski definition) is 6. The molecular formula is C12H19N5O10P2. The van der Waals surface area contributed by atoms with Crippen LogP contribution in [0.1, 0.15) is 13.2 Å². The largest absolute Gasteiger partial charge is 0.481 e. The van der Waals surface area contributed by atoms with Crippen molar-refractivity contribution < 1.29 is 47.6 Å². The molecule has 0 amide bonds. The van der Waals surface area contributed by atoms with Gasteiger partial charge in [-0.3, -0.25) is 9.09 Å². The minimum Gasteiger partial charge on any atom is -0.387 e. The van der Waals surface area contributed by atoms with Gasteiger partial charge in [0.15, 0.2) is 23.2 Å². The summed E-state index contributed by atoms with van der Waals surface area (Å²) >= 11 is 0. The summed E-state index contributed by atoms with van der Waals surface area (Å²) in [4.78, 5) is 38.8. The molecule has 2 aromatic rings. The summed E-state index contributed by atoms with van der Waals surface area (Å²) in [5.74, 6) is 0.458. The average molecular weight is 455 g/mol. The summed E-state index contributed by atoms with van der Waals surface area (Å²) < 4.78 is 37.2. The third kappa shape index (κ3) is 4.98. The normalized spacial score (nSPS) is 27.2. The van der Waals surface area contributed by atoms with Crippen molar-refractivity contribution in [3.63, 3.8) is 0 Å². The topological polar surface area (TPSA) is 219 Å².